The van der Waals surface area contributed by atoms with E-state index in [0.29, 0.717) is 5.69 Å². The summed E-state index contributed by atoms with van der Waals surface area (Å²) in [4.78, 5) is 14.4. The predicted octanol–water partition coefficient (Wildman–Crippen LogP) is -0.228. The lowest BCUT2D eigenvalue weighted by Crippen LogP contribution is -2.16. The second-order valence-electron chi connectivity index (χ2n) is 2.56. The maximum absolute atomic E-state index is 10.5. The Morgan fingerprint density at radius 3 is 2.92 bits per heavy atom. The average Bonchev–Trinajstić information content (AvgIpc) is 2.17. The summed E-state index contributed by atoms with van der Waals surface area (Å²) in [6.07, 6.45) is 1.36. The highest BCUT2D eigenvalue weighted by Gasteiger charge is 2.09. The largest absolute Gasteiger partial charge is 0.478 e. The van der Waals surface area contributed by atoms with Gasteiger partial charge in [-0.25, -0.2) is 4.79 Å². The second-order valence-corrected chi connectivity index (χ2v) is 2.56. The van der Waals surface area contributed by atoms with Crippen LogP contribution in [0.4, 0.5) is 0 Å². The third-order valence-corrected chi connectivity index (χ3v) is 1.60. The fourth-order valence-corrected chi connectivity index (χ4v) is 0.878. The number of hydrogen-bond acceptors (Lipinski definition) is 4. The van der Waals surface area contributed by atoms with Gasteiger partial charge in [-0.05, 0) is 12.1 Å². The second kappa shape index (κ2) is 3.97. The Labute approximate surface area is 74.8 Å². The molecule has 4 N–H and O–H groups in total. The van der Waals surface area contributed by atoms with Crippen LogP contribution in [0.3, 0.4) is 0 Å². The lowest BCUT2D eigenvalue weighted by Gasteiger charge is -2.06. The molecule has 1 aromatic rings. The van der Waals surface area contributed by atoms with E-state index in [-0.39, 0.29) is 12.2 Å². The lowest BCUT2D eigenvalue weighted by molar-refractivity contribution is 0.0696. The topological polar surface area (TPSA) is 96.4 Å². The van der Waals surface area contributed by atoms with Gasteiger partial charge in [0, 0.05) is 6.20 Å². The molecule has 0 spiro atoms. The molecule has 0 aliphatic rings. The van der Waals surface area contributed by atoms with Gasteiger partial charge in [-0.3, -0.25) is 4.98 Å². The number of nitrogens with two attached hydrogens (primary N) is 1. The summed E-state index contributed by atoms with van der Waals surface area (Å²) in [5.41, 5.74) is 5.95. The van der Waals surface area contributed by atoms with Crippen molar-refractivity contribution in [3.8, 4) is 0 Å². The fourth-order valence-electron chi connectivity index (χ4n) is 0.878. The van der Waals surface area contributed by atoms with E-state index in [4.69, 9.17) is 15.9 Å². The maximum atomic E-state index is 10.5. The zero-order chi connectivity index (χ0) is 9.84. The highest BCUT2D eigenvalue weighted by atomic mass is 16.4. The van der Waals surface area contributed by atoms with Gasteiger partial charge in [0.15, 0.2) is 0 Å². The molecule has 5 nitrogen and oxygen atoms in total. The monoisotopic (exact) mass is 182 g/mol. The number of carbonyl (C=O) groups is 1. The van der Waals surface area contributed by atoms with Crippen LogP contribution in [-0.2, 0) is 0 Å². The molecule has 0 unspecified atom stereocenters. The Balaban J connectivity index is 2.98. The van der Waals surface area contributed by atoms with E-state index < -0.39 is 12.0 Å². The predicted molar refractivity (Wildman–Crippen MR) is 45.2 cm³/mol. The number of rotatable bonds is 3. The first-order valence-corrected chi connectivity index (χ1v) is 3.71. The van der Waals surface area contributed by atoms with Crippen LogP contribution in [0, 0.1) is 0 Å². The van der Waals surface area contributed by atoms with Crippen LogP contribution in [0.15, 0.2) is 18.3 Å². The normalized spacial score (nSPS) is 12.5. The zero-order valence-corrected chi connectivity index (χ0v) is 6.84. The van der Waals surface area contributed by atoms with Crippen molar-refractivity contribution in [2.75, 3.05) is 6.61 Å². The Morgan fingerprint density at radius 1 is 1.69 bits per heavy atom. The summed E-state index contributed by atoms with van der Waals surface area (Å²) in [6, 6.07) is 2.10. The number of aliphatic hydroxyl groups is 1. The minimum Gasteiger partial charge on any atom is -0.478 e. The highest BCUT2D eigenvalue weighted by molar-refractivity contribution is 5.87. The van der Waals surface area contributed by atoms with Gasteiger partial charge in [0.05, 0.1) is 23.9 Å². The van der Waals surface area contributed by atoms with Gasteiger partial charge in [0.25, 0.3) is 0 Å². The quantitative estimate of drug-likeness (QED) is 0.600. The van der Waals surface area contributed by atoms with E-state index in [9.17, 15) is 4.79 Å². The molecule has 1 rings (SSSR count). The molecule has 13 heavy (non-hydrogen) atoms. The molecule has 1 atom stereocenters. The van der Waals surface area contributed by atoms with Crippen LogP contribution >= 0.6 is 0 Å². The van der Waals surface area contributed by atoms with E-state index in [1.165, 1.54) is 18.3 Å². The van der Waals surface area contributed by atoms with Crippen molar-refractivity contribution in [3.63, 3.8) is 0 Å². The summed E-state index contributed by atoms with van der Waals surface area (Å²) in [7, 11) is 0. The van der Waals surface area contributed by atoms with Crippen LogP contribution in [-0.4, -0.2) is 27.8 Å². The fraction of sp³-hybridized carbons (Fsp3) is 0.250. The average molecular weight is 182 g/mol. The first-order chi connectivity index (χ1) is 6.15. The standard InChI is InChI=1S/C8H10N2O3/c9-6(4-11)7-3-5(8(12)13)1-2-10-7/h1-3,6,11H,4,9H2,(H,12,13)/t6-/m1/s1. The first-order valence-electron chi connectivity index (χ1n) is 3.71. The molecule has 0 bridgehead atoms. The van der Waals surface area contributed by atoms with Gasteiger partial charge >= 0.3 is 5.97 Å². The number of carboxylic acids is 1. The van der Waals surface area contributed by atoms with Gasteiger partial charge in [-0.15, -0.1) is 0 Å². The third kappa shape index (κ3) is 2.24. The molecule has 5 heteroatoms. The molecule has 0 saturated heterocycles. The number of aliphatic hydroxyl groups excluding tert-OH is 1. The van der Waals surface area contributed by atoms with Crippen molar-refractivity contribution in [2.45, 2.75) is 6.04 Å². The summed E-state index contributed by atoms with van der Waals surface area (Å²) >= 11 is 0. The highest BCUT2D eigenvalue weighted by Crippen LogP contribution is 2.08. The molecule has 0 saturated carbocycles. The minimum absolute atomic E-state index is 0.119. The van der Waals surface area contributed by atoms with Crippen LogP contribution in [0.1, 0.15) is 22.1 Å². The molecule has 70 valence electrons. The molecule has 1 heterocycles. The van der Waals surface area contributed by atoms with Gasteiger partial charge in [-0.2, -0.15) is 0 Å². The lowest BCUT2D eigenvalue weighted by atomic mass is 10.1. The summed E-state index contributed by atoms with van der Waals surface area (Å²) in [6.45, 7) is -0.254. The van der Waals surface area contributed by atoms with Gasteiger partial charge in [0.1, 0.15) is 0 Å². The molecule has 1 aromatic heterocycles. The number of aromatic nitrogens is 1. The van der Waals surface area contributed by atoms with Crippen LogP contribution in [0.2, 0.25) is 0 Å². The molecule has 0 aliphatic heterocycles. The van der Waals surface area contributed by atoms with Crippen LogP contribution in [0.5, 0.6) is 0 Å². The van der Waals surface area contributed by atoms with E-state index in [1.54, 1.807) is 0 Å². The number of hydrogen-bond donors (Lipinski definition) is 3. The first kappa shape index (κ1) is 9.63. The van der Waals surface area contributed by atoms with Crippen molar-refractivity contribution in [2.24, 2.45) is 5.73 Å². The molecule has 0 amide bonds. The maximum Gasteiger partial charge on any atom is 0.335 e. The summed E-state index contributed by atoms with van der Waals surface area (Å²) in [5.74, 6) is -1.03. The Bertz CT molecular complexity index is 314. The summed E-state index contributed by atoms with van der Waals surface area (Å²) in [5, 5.41) is 17.3. The van der Waals surface area contributed by atoms with Crippen molar-refractivity contribution in [3.05, 3.63) is 29.6 Å². The van der Waals surface area contributed by atoms with Crippen LogP contribution in [0.25, 0.3) is 0 Å². The van der Waals surface area contributed by atoms with Crippen molar-refractivity contribution >= 4 is 5.97 Å². The summed E-state index contributed by atoms with van der Waals surface area (Å²) < 4.78 is 0. The molecule has 0 fully saturated rings. The third-order valence-electron chi connectivity index (χ3n) is 1.60. The number of nitrogens with zero attached hydrogens (tertiary/aromatic N) is 1. The molecule has 0 aliphatic carbocycles. The molecular weight excluding hydrogens is 172 g/mol. The SMILES string of the molecule is N[C@H](CO)c1cc(C(=O)O)ccn1. The van der Waals surface area contributed by atoms with Crippen molar-refractivity contribution < 1.29 is 15.0 Å². The van der Waals surface area contributed by atoms with Gasteiger partial charge < -0.3 is 15.9 Å². The number of pyridine rings is 1. The van der Waals surface area contributed by atoms with Gasteiger partial charge in [0.2, 0.25) is 0 Å². The molecular formula is C8H10N2O3. The van der Waals surface area contributed by atoms with E-state index >= 15 is 0 Å². The van der Waals surface area contributed by atoms with Gasteiger partial charge in [-0.1, -0.05) is 0 Å². The van der Waals surface area contributed by atoms with E-state index in [0.717, 1.165) is 0 Å². The Kier molecular flexibility index (Phi) is 2.94. The van der Waals surface area contributed by atoms with E-state index in [1.807, 2.05) is 0 Å². The number of aromatic carboxylic acids is 1. The smallest absolute Gasteiger partial charge is 0.335 e. The minimum atomic E-state index is -1.03. The molecule has 0 aromatic carbocycles. The zero-order valence-electron chi connectivity index (χ0n) is 6.84. The van der Waals surface area contributed by atoms with Crippen molar-refractivity contribution in [1.29, 1.82) is 0 Å². The Hall–Kier alpha value is -1.46. The van der Waals surface area contributed by atoms with Crippen molar-refractivity contribution in [1.82, 2.24) is 4.98 Å². The Morgan fingerprint density at radius 2 is 2.38 bits per heavy atom. The van der Waals surface area contributed by atoms with E-state index in [2.05, 4.69) is 4.98 Å². The molecule has 0 radical (unpaired) electrons. The number of carboxylic acid groups (broad SMARTS) is 1. The van der Waals surface area contributed by atoms with Crippen LogP contribution < -0.4 is 5.73 Å².